The zero-order valence-electron chi connectivity index (χ0n) is 6.86. The van der Waals surface area contributed by atoms with Gasteiger partial charge in [-0.05, 0) is 6.92 Å². The lowest BCUT2D eigenvalue weighted by molar-refractivity contribution is 0.0103. The maximum absolute atomic E-state index is 11.3. The number of ether oxygens (including phenoxy) is 1. The predicted octanol–water partition coefficient (Wildman–Crippen LogP) is 0.389. The van der Waals surface area contributed by atoms with Crippen molar-refractivity contribution in [2.75, 3.05) is 24.4 Å². The van der Waals surface area contributed by atoms with Gasteiger partial charge < -0.3 is 4.74 Å². The minimum Gasteiger partial charge on any atom is -0.376 e. The van der Waals surface area contributed by atoms with Crippen LogP contribution >= 0.6 is 15.9 Å². The Morgan fingerprint density at radius 2 is 2.33 bits per heavy atom. The molecule has 0 bridgehead atoms. The van der Waals surface area contributed by atoms with Crippen LogP contribution in [0.3, 0.4) is 0 Å². The van der Waals surface area contributed by atoms with E-state index in [9.17, 15) is 8.42 Å². The number of morpholine rings is 1. The largest absolute Gasteiger partial charge is 0.376 e. The average molecular weight is 258 g/mol. The van der Waals surface area contributed by atoms with Crippen LogP contribution in [0.1, 0.15) is 6.92 Å². The van der Waals surface area contributed by atoms with Crippen molar-refractivity contribution in [3.8, 4) is 0 Å². The third-order valence-electron chi connectivity index (χ3n) is 1.74. The Morgan fingerprint density at radius 1 is 1.67 bits per heavy atom. The highest BCUT2D eigenvalue weighted by atomic mass is 79.9. The third kappa shape index (κ3) is 2.42. The SMILES string of the molecule is C[C@@H]1CN(S(=O)(=O)CBr)CCO1. The monoisotopic (exact) mass is 257 g/mol. The molecule has 4 nitrogen and oxygen atoms in total. The summed E-state index contributed by atoms with van der Waals surface area (Å²) in [6, 6.07) is 0. The van der Waals surface area contributed by atoms with Gasteiger partial charge in [0.1, 0.15) is 4.66 Å². The van der Waals surface area contributed by atoms with Crippen LogP contribution < -0.4 is 0 Å². The zero-order valence-corrected chi connectivity index (χ0v) is 9.27. The van der Waals surface area contributed by atoms with Crippen LogP contribution in [-0.2, 0) is 14.8 Å². The second-order valence-corrected chi connectivity index (χ2v) is 6.03. The third-order valence-corrected chi connectivity index (χ3v) is 4.86. The summed E-state index contributed by atoms with van der Waals surface area (Å²) in [6.07, 6.45) is 0.00701. The molecule has 1 fully saturated rings. The number of nitrogens with zero attached hydrogens (tertiary/aromatic N) is 1. The highest BCUT2D eigenvalue weighted by Crippen LogP contribution is 2.11. The van der Waals surface area contributed by atoms with E-state index in [0.717, 1.165) is 0 Å². The molecule has 0 aromatic carbocycles. The van der Waals surface area contributed by atoms with Gasteiger partial charge in [0, 0.05) is 13.1 Å². The molecule has 1 atom stereocenters. The molecule has 0 unspecified atom stereocenters. The lowest BCUT2D eigenvalue weighted by Crippen LogP contribution is -2.44. The summed E-state index contributed by atoms with van der Waals surface area (Å²) in [5.41, 5.74) is 0. The van der Waals surface area contributed by atoms with Crippen molar-refractivity contribution in [2.45, 2.75) is 13.0 Å². The fourth-order valence-electron chi connectivity index (χ4n) is 1.11. The van der Waals surface area contributed by atoms with Crippen molar-refractivity contribution >= 4 is 26.0 Å². The molecule has 1 aliphatic heterocycles. The Kier molecular flexibility index (Phi) is 3.51. The van der Waals surface area contributed by atoms with E-state index >= 15 is 0 Å². The van der Waals surface area contributed by atoms with Gasteiger partial charge in [0.05, 0.1) is 12.7 Å². The second-order valence-electron chi connectivity index (χ2n) is 2.76. The van der Waals surface area contributed by atoms with Crippen molar-refractivity contribution in [2.24, 2.45) is 0 Å². The maximum Gasteiger partial charge on any atom is 0.224 e. The first kappa shape index (κ1) is 10.4. The van der Waals surface area contributed by atoms with Gasteiger partial charge in [-0.2, -0.15) is 4.31 Å². The van der Waals surface area contributed by atoms with Crippen molar-refractivity contribution in [1.82, 2.24) is 4.31 Å². The molecule has 12 heavy (non-hydrogen) atoms. The quantitative estimate of drug-likeness (QED) is 0.673. The molecule has 0 radical (unpaired) electrons. The molecule has 0 amide bonds. The van der Waals surface area contributed by atoms with Crippen LogP contribution in [0, 0.1) is 0 Å². The Labute approximate surface area is 81.1 Å². The zero-order chi connectivity index (χ0) is 9.19. The summed E-state index contributed by atoms with van der Waals surface area (Å²) in [5.74, 6) is 0. The molecule has 0 saturated carbocycles. The van der Waals surface area contributed by atoms with Gasteiger partial charge in [0.15, 0.2) is 0 Å². The van der Waals surface area contributed by atoms with E-state index in [1.165, 1.54) is 4.31 Å². The summed E-state index contributed by atoms with van der Waals surface area (Å²) < 4.78 is 29.3. The van der Waals surface area contributed by atoms with Crippen LogP contribution in [0.5, 0.6) is 0 Å². The van der Waals surface area contributed by atoms with Gasteiger partial charge >= 0.3 is 0 Å². The van der Waals surface area contributed by atoms with Gasteiger partial charge in [-0.1, -0.05) is 15.9 Å². The van der Waals surface area contributed by atoms with Crippen LogP contribution in [0.25, 0.3) is 0 Å². The molecule has 1 saturated heterocycles. The molecular formula is C6H12BrNO3S. The molecule has 0 aliphatic carbocycles. The molecule has 1 rings (SSSR count). The molecule has 0 N–H and O–H groups in total. The van der Waals surface area contributed by atoms with E-state index < -0.39 is 10.0 Å². The van der Waals surface area contributed by atoms with Gasteiger partial charge in [-0.15, -0.1) is 0 Å². The minimum absolute atomic E-state index is 0.00701. The predicted molar refractivity (Wildman–Crippen MR) is 49.7 cm³/mol. The molecule has 6 heteroatoms. The molecule has 1 aliphatic rings. The number of hydrogen-bond acceptors (Lipinski definition) is 3. The molecular weight excluding hydrogens is 246 g/mol. The average Bonchev–Trinajstić information content (AvgIpc) is 2.05. The van der Waals surface area contributed by atoms with Crippen molar-refractivity contribution in [3.63, 3.8) is 0 Å². The topological polar surface area (TPSA) is 46.6 Å². The smallest absolute Gasteiger partial charge is 0.224 e. The molecule has 0 spiro atoms. The van der Waals surface area contributed by atoms with Crippen molar-refractivity contribution in [3.05, 3.63) is 0 Å². The Hall–Kier alpha value is 0.350. The molecule has 1 heterocycles. The summed E-state index contributed by atoms with van der Waals surface area (Å²) >= 11 is 2.96. The van der Waals surface area contributed by atoms with Gasteiger partial charge in [0.25, 0.3) is 0 Å². The second kappa shape index (κ2) is 4.04. The first-order valence-electron chi connectivity index (χ1n) is 3.71. The van der Waals surface area contributed by atoms with Crippen molar-refractivity contribution in [1.29, 1.82) is 0 Å². The molecule has 72 valence electrons. The van der Waals surface area contributed by atoms with E-state index in [-0.39, 0.29) is 10.8 Å². The van der Waals surface area contributed by atoms with Crippen LogP contribution in [0.2, 0.25) is 0 Å². The van der Waals surface area contributed by atoms with Gasteiger partial charge in [0.2, 0.25) is 10.0 Å². The summed E-state index contributed by atoms with van der Waals surface area (Å²) in [7, 11) is -3.08. The fourth-order valence-corrected chi connectivity index (χ4v) is 2.90. The van der Waals surface area contributed by atoms with Gasteiger partial charge in [-0.3, -0.25) is 0 Å². The first-order chi connectivity index (χ1) is 5.56. The number of halogens is 1. The highest BCUT2D eigenvalue weighted by Gasteiger charge is 2.26. The number of hydrogen-bond donors (Lipinski definition) is 0. The fraction of sp³-hybridized carbons (Fsp3) is 1.00. The maximum atomic E-state index is 11.3. The van der Waals surface area contributed by atoms with E-state index in [1.807, 2.05) is 6.92 Å². The van der Waals surface area contributed by atoms with Crippen molar-refractivity contribution < 1.29 is 13.2 Å². The van der Waals surface area contributed by atoms with E-state index in [4.69, 9.17) is 4.74 Å². The molecule has 0 aromatic rings. The first-order valence-corrected chi connectivity index (χ1v) is 6.44. The lowest BCUT2D eigenvalue weighted by atomic mass is 10.3. The van der Waals surface area contributed by atoms with E-state index in [0.29, 0.717) is 19.7 Å². The summed E-state index contributed by atoms with van der Waals surface area (Å²) in [6.45, 7) is 3.30. The van der Waals surface area contributed by atoms with Crippen LogP contribution in [-0.4, -0.2) is 43.2 Å². The Balaban J connectivity index is 2.63. The highest BCUT2D eigenvalue weighted by molar-refractivity contribution is 9.10. The van der Waals surface area contributed by atoms with E-state index in [2.05, 4.69) is 15.9 Å². The van der Waals surface area contributed by atoms with E-state index in [1.54, 1.807) is 0 Å². The number of sulfonamides is 1. The van der Waals surface area contributed by atoms with Crippen LogP contribution in [0.15, 0.2) is 0 Å². The minimum atomic E-state index is -3.08. The standard InChI is InChI=1S/C6H12BrNO3S/c1-6-4-8(2-3-11-6)12(9,10)5-7/h6H,2-5H2,1H3/t6-/m1/s1. The summed E-state index contributed by atoms with van der Waals surface area (Å²) in [5, 5.41) is 0. The van der Waals surface area contributed by atoms with Gasteiger partial charge in [-0.25, -0.2) is 8.42 Å². The number of alkyl halides is 1. The van der Waals surface area contributed by atoms with Crippen LogP contribution in [0.4, 0.5) is 0 Å². The Morgan fingerprint density at radius 3 is 2.83 bits per heavy atom. The number of rotatable bonds is 2. The normalized spacial score (nSPS) is 27.3. The Bertz CT molecular complexity index is 241. The molecule has 0 aromatic heterocycles. The lowest BCUT2D eigenvalue weighted by Gasteiger charge is -2.29. The summed E-state index contributed by atoms with van der Waals surface area (Å²) in [4.78, 5) is 0.